The Morgan fingerprint density at radius 2 is 1.83 bits per heavy atom. The molecule has 2 aromatic heterocycles. The molecule has 4 fully saturated rings. The van der Waals surface area contributed by atoms with Crippen molar-refractivity contribution in [3.05, 3.63) is 41.7 Å². The molecule has 2 N–H and O–H groups in total. The molecule has 7 rings (SSSR count). The average molecular weight is 577 g/mol. The van der Waals surface area contributed by atoms with Crippen molar-refractivity contribution >= 4 is 29.0 Å². The SMILES string of the molecule is CC1CCC(Cn2c(N3CCOC[C@H]3c3ccccc3)nc3nc(C4NOC(=O)N4)nc(N4CCOC(C)C4)c32)CC1. The minimum Gasteiger partial charge on any atom is -0.377 e. The lowest BCUT2D eigenvalue weighted by molar-refractivity contribution is 0.0529. The minimum atomic E-state index is -0.659. The molecule has 1 aromatic carbocycles. The maximum absolute atomic E-state index is 11.9. The molecule has 2 unspecified atom stereocenters. The van der Waals surface area contributed by atoms with E-state index in [4.69, 9.17) is 29.3 Å². The first-order valence-corrected chi connectivity index (χ1v) is 15.3. The summed E-state index contributed by atoms with van der Waals surface area (Å²) in [5.41, 5.74) is 5.47. The second kappa shape index (κ2) is 11.7. The summed E-state index contributed by atoms with van der Waals surface area (Å²) in [6.45, 7) is 9.28. The van der Waals surface area contributed by atoms with E-state index in [1.165, 1.54) is 31.2 Å². The molecule has 224 valence electrons. The summed E-state index contributed by atoms with van der Waals surface area (Å²) in [6.07, 6.45) is 3.75. The molecule has 3 aromatic rings. The van der Waals surface area contributed by atoms with Crippen molar-refractivity contribution in [3.63, 3.8) is 0 Å². The number of benzene rings is 1. The van der Waals surface area contributed by atoms with Gasteiger partial charge in [0.15, 0.2) is 23.5 Å². The fraction of sp³-hybridized carbons (Fsp3) is 0.600. The van der Waals surface area contributed by atoms with Gasteiger partial charge in [0, 0.05) is 26.2 Å². The van der Waals surface area contributed by atoms with Gasteiger partial charge in [-0.3, -0.25) is 5.32 Å². The summed E-state index contributed by atoms with van der Waals surface area (Å²) in [5, 5.41) is 2.75. The predicted octanol–water partition coefficient (Wildman–Crippen LogP) is 3.70. The van der Waals surface area contributed by atoms with Gasteiger partial charge in [-0.05, 0) is 37.2 Å². The molecule has 42 heavy (non-hydrogen) atoms. The normalized spacial score (nSPS) is 28.6. The molecule has 0 radical (unpaired) electrons. The number of hydrogen-bond donors (Lipinski definition) is 2. The number of nitrogens with zero attached hydrogens (tertiary/aromatic N) is 6. The highest BCUT2D eigenvalue weighted by molar-refractivity contribution is 5.87. The number of nitrogens with one attached hydrogen (secondary N) is 2. The zero-order valence-electron chi connectivity index (χ0n) is 24.4. The summed E-state index contributed by atoms with van der Waals surface area (Å²) >= 11 is 0. The number of hydroxylamine groups is 1. The monoisotopic (exact) mass is 576 g/mol. The molecule has 5 heterocycles. The third-order valence-corrected chi connectivity index (χ3v) is 9.06. The van der Waals surface area contributed by atoms with E-state index in [0.29, 0.717) is 50.3 Å². The van der Waals surface area contributed by atoms with Crippen molar-refractivity contribution in [2.24, 2.45) is 11.8 Å². The number of imidazole rings is 1. The van der Waals surface area contributed by atoms with Crippen molar-refractivity contribution in [2.45, 2.75) is 64.4 Å². The molecule has 12 heteroatoms. The third-order valence-electron chi connectivity index (χ3n) is 9.06. The van der Waals surface area contributed by atoms with Gasteiger partial charge in [-0.25, -0.2) is 14.8 Å². The Morgan fingerprint density at radius 1 is 1.00 bits per heavy atom. The van der Waals surface area contributed by atoms with Crippen LogP contribution in [0.4, 0.5) is 16.6 Å². The molecule has 1 saturated carbocycles. The first-order chi connectivity index (χ1) is 20.5. The summed E-state index contributed by atoms with van der Waals surface area (Å²) in [4.78, 5) is 36.8. The highest BCUT2D eigenvalue weighted by Gasteiger charge is 2.35. The van der Waals surface area contributed by atoms with E-state index in [1.54, 1.807) is 0 Å². The van der Waals surface area contributed by atoms with Crippen LogP contribution in [0.3, 0.4) is 0 Å². The van der Waals surface area contributed by atoms with Crippen LogP contribution in [0.15, 0.2) is 30.3 Å². The van der Waals surface area contributed by atoms with E-state index in [1.807, 2.05) is 6.07 Å². The van der Waals surface area contributed by atoms with Gasteiger partial charge < -0.3 is 28.7 Å². The number of amides is 1. The number of anilines is 2. The van der Waals surface area contributed by atoms with Crippen molar-refractivity contribution in [1.29, 1.82) is 0 Å². The maximum atomic E-state index is 11.9. The van der Waals surface area contributed by atoms with Crippen molar-refractivity contribution in [1.82, 2.24) is 30.3 Å². The zero-order valence-corrected chi connectivity index (χ0v) is 24.4. The molecule has 12 nitrogen and oxygen atoms in total. The molecule has 0 spiro atoms. The quantitative estimate of drug-likeness (QED) is 0.450. The summed E-state index contributed by atoms with van der Waals surface area (Å²) < 4.78 is 14.3. The third kappa shape index (κ3) is 5.38. The second-order valence-corrected chi connectivity index (χ2v) is 12.1. The molecule has 3 atom stereocenters. The lowest BCUT2D eigenvalue weighted by Gasteiger charge is -2.38. The first-order valence-electron chi connectivity index (χ1n) is 15.3. The summed E-state index contributed by atoms with van der Waals surface area (Å²) in [6, 6.07) is 10.6. The van der Waals surface area contributed by atoms with Crippen LogP contribution in [0.5, 0.6) is 0 Å². The van der Waals surface area contributed by atoms with E-state index in [-0.39, 0.29) is 12.1 Å². The number of ether oxygens (including phenoxy) is 2. The molecular formula is C30H40N8O4. The van der Waals surface area contributed by atoms with Gasteiger partial charge in [0.1, 0.15) is 5.52 Å². The van der Waals surface area contributed by atoms with E-state index < -0.39 is 12.3 Å². The highest BCUT2D eigenvalue weighted by Crippen LogP contribution is 2.38. The fourth-order valence-corrected chi connectivity index (χ4v) is 6.75. The van der Waals surface area contributed by atoms with Crippen LogP contribution in [0, 0.1) is 11.8 Å². The Morgan fingerprint density at radius 3 is 2.60 bits per heavy atom. The molecule has 3 aliphatic heterocycles. The van der Waals surface area contributed by atoms with Gasteiger partial charge in [-0.1, -0.05) is 50.1 Å². The van der Waals surface area contributed by atoms with E-state index >= 15 is 0 Å². The number of fused-ring (bicyclic) bond motifs is 1. The van der Waals surface area contributed by atoms with Gasteiger partial charge in [0.05, 0.1) is 32.0 Å². The molecule has 1 amide bonds. The van der Waals surface area contributed by atoms with Crippen molar-refractivity contribution in [2.75, 3.05) is 49.3 Å². The molecule has 3 saturated heterocycles. The van der Waals surface area contributed by atoms with Crippen LogP contribution < -0.4 is 20.6 Å². The smallest absolute Gasteiger partial charge is 0.377 e. The largest absolute Gasteiger partial charge is 0.427 e. The predicted molar refractivity (Wildman–Crippen MR) is 157 cm³/mol. The van der Waals surface area contributed by atoms with Crippen molar-refractivity contribution < 1.29 is 19.1 Å². The number of aromatic nitrogens is 4. The number of hydrogen-bond acceptors (Lipinski definition) is 10. The van der Waals surface area contributed by atoms with Crippen LogP contribution in [0.25, 0.3) is 11.2 Å². The van der Waals surface area contributed by atoms with Crippen LogP contribution in [0.2, 0.25) is 0 Å². The maximum Gasteiger partial charge on any atom is 0.427 e. The van der Waals surface area contributed by atoms with Gasteiger partial charge in [-0.15, -0.1) is 5.48 Å². The Kier molecular flexibility index (Phi) is 7.59. The van der Waals surface area contributed by atoms with Gasteiger partial charge in [-0.2, -0.15) is 4.98 Å². The number of rotatable bonds is 6. The Balaban J connectivity index is 1.38. The van der Waals surface area contributed by atoms with Gasteiger partial charge in [0.2, 0.25) is 5.95 Å². The topological polar surface area (TPSA) is 119 Å². The lowest BCUT2D eigenvalue weighted by Crippen LogP contribution is -2.42. The average Bonchev–Trinajstić information content (AvgIpc) is 3.62. The molecule has 1 aliphatic carbocycles. The summed E-state index contributed by atoms with van der Waals surface area (Å²) in [7, 11) is 0. The Hall–Kier alpha value is -3.48. The zero-order chi connectivity index (χ0) is 28.6. The van der Waals surface area contributed by atoms with E-state index in [0.717, 1.165) is 36.3 Å². The fourth-order valence-electron chi connectivity index (χ4n) is 6.75. The minimum absolute atomic E-state index is 0.0327. The van der Waals surface area contributed by atoms with Gasteiger partial charge in [0.25, 0.3) is 0 Å². The Labute approximate surface area is 245 Å². The first kappa shape index (κ1) is 27.4. The van der Waals surface area contributed by atoms with Crippen LogP contribution in [-0.4, -0.2) is 71.2 Å². The standard InChI is InChI=1S/C30H40N8O4/c1-19-8-10-21(11-9-19)17-38-24-25(33-29(38)37-13-14-40-18-23(37)22-6-4-3-5-7-22)31-26(27-34-30(39)42-35-27)32-28(24)36-12-15-41-20(2)16-36/h3-7,19-21,23,27,35H,8-18H2,1-2H3,(H,34,39)/t19?,20?,21?,23-,27?/m0/s1. The van der Waals surface area contributed by atoms with E-state index in [2.05, 4.69) is 63.3 Å². The van der Waals surface area contributed by atoms with Crippen LogP contribution in [0.1, 0.15) is 63.1 Å². The second-order valence-electron chi connectivity index (χ2n) is 12.1. The van der Waals surface area contributed by atoms with Crippen LogP contribution in [-0.2, 0) is 20.9 Å². The number of carbonyl (C=O) groups is 1. The Bertz CT molecular complexity index is 1410. The van der Waals surface area contributed by atoms with E-state index in [9.17, 15) is 4.79 Å². The molecule has 0 bridgehead atoms. The molecular weight excluding hydrogens is 536 g/mol. The summed E-state index contributed by atoms with van der Waals surface area (Å²) in [5.74, 6) is 3.46. The highest BCUT2D eigenvalue weighted by atomic mass is 16.7. The number of carbonyl (C=O) groups excluding carboxylic acids is 1. The van der Waals surface area contributed by atoms with Gasteiger partial charge >= 0.3 is 6.09 Å². The van der Waals surface area contributed by atoms with Crippen LogP contribution >= 0.6 is 0 Å². The lowest BCUT2D eigenvalue weighted by atomic mass is 9.83. The molecule has 4 aliphatic rings. The van der Waals surface area contributed by atoms with Crippen molar-refractivity contribution in [3.8, 4) is 0 Å². The number of morpholine rings is 2.